The molecule has 0 bridgehead atoms. The van der Waals surface area contributed by atoms with Crippen LogP contribution in [-0.2, 0) is 12.5 Å². The van der Waals surface area contributed by atoms with E-state index in [1.165, 1.54) is 0 Å². The topological polar surface area (TPSA) is 0 Å². The van der Waals surface area contributed by atoms with Gasteiger partial charge < -0.3 is 12.9 Å². The van der Waals surface area contributed by atoms with Crippen molar-refractivity contribution in [2.75, 3.05) is 0 Å². The zero-order valence-electron chi connectivity index (χ0n) is 8.66. The van der Waals surface area contributed by atoms with Crippen molar-refractivity contribution in [1.82, 2.24) is 0 Å². The van der Waals surface area contributed by atoms with Gasteiger partial charge in [0.05, 0.1) is 5.56 Å². The van der Waals surface area contributed by atoms with Crippen LogP contribution in [-0.4, -0.2) is 6.98 Å². The quantitative estimate of drug-likeness (QED) is 0.404. The molecule has 90 valence electrons. The molecule has 9 heteroatoms. The average molecular weight is 392 g/mol. The molecule has 0 aliphatic rings. The van der Waals surface area contributed by atoms with Crippen molar-refractivity contribution in [2.45, 2.75) is 12.5 Å². The van der Waals surface area contributed by atoms with Gasteiger partial charge in [0.2, 0.25) is 0 Å². The van der Waals surface area contributed by atoms with Crippen LogP contribution in [0.1, 0.15) is 11.1 Å². The molecule has 0 N–H and O–H groups in total. The van der Waals surface area contributed by atoms with Gasteiger partial charge in [-0.15, -0.1) is 0 Å². The van der Waals surface area contributed by atoms with Crippen LogP contribution in [0.2, 0.25) is 0 Å². The summed E-state index contributed by atoms with van der Waals surface area (Å²) in [7, 11) is 0. The van der Waals surface area contributed by atoms with Crippen molar-refractivity contribution in [2.24, 2.45) is 0 Å². The Morgan fingerprint density at radius 3 is 2.06 bits per heavy atom. The third kappa shape index (κ3) is 6.28. The number of hydrogen-bond donors (Lipinski definition) is 0. The first-order chi connectivity index (χ1) is 7.09. The van der Waals surface area contributed by atoms with Crippen molar-refractivity contribution in [1.29, 1.82) is 0 Å². The maximum absolute atomic E-state index is 12.3. The summed E-state index contributed by atoms with van der Waals surface area (Å²) >= 11 is 1.59. The van der Waals surface area contributed by atoms with E-state index in [2.05, 4.69) is 0 Å². The molecule has 0 saturated heterocycles. The molecule has 0 aromatic heterocycles. The third-order valence-electron chi connectivity index (χ3n) is 1.82. The molecule has 0 unspecified atom stereocenters. The van der Waals surface area contributed by atoms with Crippen LogP contribution in [0.25, 0.3) is 0 Å². The number of hydrogen-bond acceptors (Lipinski definition) is 0. The Balaban J connectivity index is 0.00000256. The molecule has 1 rings (SSSR count). The fraction of sp³-hybridized carbons (Fsp3) is 0.250. The first-order valence-corrected chi connectivity index (χ1v) is 5.24. The van der Waals surface area contributed by atoms with Gasteiger partial charge in [-0.1, -0.05) is 11.9 Å². The number of rotatable bonds is 2. The molecule has 0 nitrogen and oxygen atoms in total. The summed E-state index contributed by atoms with van der Waals surface area (Å²) in [4.78, 5) is 0. The fourth-order valence-corrected chi connectivity index (χ4v) is 1.71. The zero-order chi connectivity index (χ0) is 12.6. The summed E-state index contributed by atoms with van der Waals surface area (Å²) in [6.45, 7) is -5.13. The number of benzene rings is 1. The van der Waals surface area contributed by atoms with E-state index < -0.39 is 25.0 Å². The van der Waals surface area contributed by atoms with Gasteiger partial charge in [-0.25, -0.2) is 0 Å². The summed E-state index contributed by atoms with van der Waals surface area (Å²) in [5.74, 6) is 0. The van der Waals surface area contributed by atoms with Crippen molar-refractivity contribution in [3.63, 3.8) is 0 Å². The molecular weight excluding hydrogens is 387 g/mol. The molecule has 0 aliphatic heterocycles. The molecule has 1 aromatic carbocycles. The van der Waals surface area contributed by atoms with Gasteiger partial charge in [-0.3, -0.25) is 0 Å². The van der Waals surface area contributed by atoms with Gasteiger partial charge in [0.1, 0.15) is 0 Å². The SMILES string of the molecule is F[B-](F)(F)Cc1cc(C(F)(F)F)ccc1I.[K+]. The van der Waals surface area contributed by atoms with Crippen molar-refractivity contribution < 1.29 is 77.5 Å². The monoisotopic (exact) mass is 392 g/mol. The molecule has 0 spiro atoms. The van der Waals surface area contributed by atoms with Crippen molar-refractivity contribution in [3.05, 3.63) is 32.9 Å². The second-order valence-electron chi connectivity index (χ2n) is 3.22. The van der Waals surface area contributed by atoms with Gasteiger partial charge in [0.15, 0.2) is 0 Å². The van der Waals surface area contributed by atoms with Gasteiger partial charge in [-0.2, -0.15) is 13.2 Å². The first kappa shape index (κ1) is 18.2. The minimum atomic E-state index is -5.13. The van der Waals surface area contributed by atoms with E-state index in [0.29, 0.717) is 6.07 Å². The van der Waals surface area contributed by atoms with Gasteiger partial charge in [0, 0.05) is 3.57 Å². The van der Waals surface area contributed by atoms with Crippen LogP contribution < -0.4 is 51.4 Å². The Hall–Kier alpha value is 1.23. The number of halogens is 7. The van der Waals surface area contributed by atoms with E-state index >= 15 is 0 Å². The van der Waals surface area contributed by atoms with E-state index in [0.717, 1.165) is 12.1 Å². The molecule has 0 heterocycles. The second-order valence-corrected chi connectivity index (χ2v) is 4.38. The maximum Gasteiger partial charge on any atom is 1.00 e. The smallest absolute Gasteiger partial charge is 0.449 e. The molecule has 0 aliphatic carbocycles. The van der Waals surface area contributed by atoms with E-state index in [1.54, 1.807) is 22.6 Å². The summed E-state index contributed by atoms with van der Waals surface area (Å²) < 4.78 is 73.3. The Labute approximate surface area is 150 Å². The van der Waals surface area contributed by atoms with Crippen molar-refractivity contribution in [3.8, 4) is 0 Å². The molecular formula is C8H5BF6IK. The summed E-state index contributed by atoms with van der Waals surface area (Å²) in [5, 5.41) is 0. The number of alkyl halides is 3. The Bertz CT molecular complexity index is 389. The average Bonchev–Trinajstić information content (AvgIpc) is 2.04. The van der Waals surface area contributed by atoms with Gasteiger partial charge in [-0.05, 0) is 40.8 Å². The summed E-state index contributed by atoms with van der Waals surface area (Å²) in [6.07, 6.45) is -5.90. The maximum atomic E-state index is 12.3. The largest absolute Gasteiger partial charge is 1.00 e. The Kier molecular flexibility index (Phi) is 7.08. The van der Waals surface area contributed by atoms with E-state index in [9.17, 15) is 26.1 Å². The minimum Gasteiger partial charge on any atom is -0.449 e. The predicted octanol–water partition coefficient (Wildman–Crippen LogP) is 1.24. The van der Waals surface area contributed by atoms with E-state index in [1.807, 2.05) is 0 Å². The summed E-state index contributed by atoms with van der Waals surface area (Å²) in [6, 6.07) is 2.37. The molecule has 0 fully saturated rings. The standard InChI is InChI=1S/C8H5BF6I.K/c10-8(11,12)6-1-2-7(16)5(3-6)4-9(13,14)15;/h1-3H,4H2;/q-1;+1. The van der Waals surface area contributed by atoms with Crippen LogP contribution >= 0.6 is 22.6 Å². The van der Waals surface area contributed by atoms with Crippen LogP contribution in [0.4, 0.5) is 26.1 Å². The predicted molar refractivity (Wildman–Crippen MR) is 56.9 cm³/mol. The molecule has 0 amide bonds. The molecule has 17 heavy (non-hydrogen) atoms. The minimum absolute atomic E-state index is 0. The summed E-state index contributed by atoms with van der Waals surface area (Å²) in [5.41, 5.74) is -1.38. The van der Waals surface area contributed by atoms with E-state index in [4.69, 9.17) is 0 Å². The molecule has 0 saturated carbocycles. The molecule has 1 aromatic rings. The van der Waals surface area contributed by atoms with Crippen LogP contribution in [0, 0.1) is 3.57 Å². The normalized spacial score (nSPS) is 12.2. The van der Waals surface area contributed by atoms with Gasteiger partial charge >= 0.3 is 64.5 Å². The van der Waals surface area contributed by atoms with Crippen molar-refractivity contribution >= 4 is 29.6 Å². The zero-order valence-corrected chi connectivity index (χ0v) is 13.9. The van der Waals surface area contributed by atoms with Crippen LogP contribution in [0.15, 0.2) is 18.2 Å². The first-order valence-electron chi connectivity index (χ1n) is 4.16. The Morgan fingerprint density at radius 1 is 1.12 bits per heavy atom. The molecule has 0 atom stereocenters. The van der Waals surface area contributed by atoms with Gasteiger partial charge in [0.25, 0.3) is 0 Å². The van der Waals surface area contributed by atoms with E-state index in [-0.39, 0.29) is 60.5 Å². The Morgan fingerprint density at radius 2 is 1.65 bits per heavy atom. The molecule has 0 radical (unpaired) electrons. The van der Waals surface area contributed by atoms with Crippen LogP contribution in [0.3, 0.4) is 0 Å². The fourth-order valence-electron chi connectivity index (χ4n) is 1.16. The second kappa shape index (κ2) is 6.60. The third-order valence-corrected chi connectivity index (χ3v) is 2.88. The van der Waals surface area contributed by atoms with Crippen LogP contribution in [0.5, 0.6) is 0 Å².